The van der Waals surface area contributed by atoms with E-state index in [9.17, 15) is 13.8 Å². The molecule has 1 heterocycles. The Labute approximate surface area is 217 Å². The number of rotatable bonds is 7. The van der Waals surface area contributed by atoms with Crippen molar-refractivity contribution in [1.29, 1.82) is 5.26 Å². The Balaban J connectivity index is 1.42. The second kappa shape index (κ2) is 11.4. The normalized spacial score (nSPS) is 13.6. The van der Waals surface area contributed by atoms with E-state index in [-0.39, 0.29) is 29.6 Å². The maximum absolute atomic E-state index is 13.0. The number of ketones is 1. The van der Waals surface area contributed by atoms with Gasteiger partial charge in [-0.3, -0.25) is 13.8 Å². The Morgan fingerprint density at radius 2 is 1.81 bits per heavy atom. The summed E-state index contributed by atoms with van der Waals surface area (Å²) >= 11 is 6.11. The summed E-state index contributed by atoms with van der Waals surface area (Å²) in [7, 11) is -0.742. The first-order valence-electron chi connectivity index (χ1n) is 11.3. The average molecular weight is 522 g/mol. The van der Waals surface area contributed by atoms with Gasteiger partial charge in [0.25, 0.3) is 5.91 Å². The van der Waals surface area contributed by atoms with Crippen molar-refractivity contribution in [2.45, 2.75) is 6.92 Å². The zero-order valence-electron chi connectivity index (χ0n) is 19.6. The number of carbonyl (C=O) groups is 2. The summed E-state index contributed by atoms with van der Waals surface area (Å²) in [5, 5.41) is 12.2. The summed E-state index contributed by atoms with van der Waals surface area (Å²) in [6.45, 7) is 3.11. The van der Waals surface area contributed by atoms with Crippen LogP contribution >= 0.6 is 11.6 Å². The third-order valence-corrected chi connectivity index (χ3v) is 7.36. The highest BCUT2D eigenvalue weighted by Crippen LogP contribution is 2.27. The van der Waals surface area contributed by atoms with Crippen LogP contribution in [-0.4, -0.2) is 47.1 Å². The van der Waals surface area contributed by atoms with Crippen molar-refractivity contribution < 1.29 is 18.5 Å². The Morgan fingerprint density at radius 1 is 1.08 bits per heavy atom. The Morgan fingerprint density at radius 3 is 2.47 bits per heavy atom. The van der Waals surface area contributed by atoms with Crippen LogP contribution < -0.4 is 15.0 Å². The Kier molecular flexibility index (Phi) is 8.04. The van der Waals surface area contributed by atoms with Gasteiger partial charge in [0, 0.05) is 57.4 Å². The number of anilines is 2. The Bertz CT molecular complexity index is 1360. The lowest BCUT2D eigenvalue weighted by Gasteiger charge is -2.29. The molecule has 9 heteroatoms. The lowest BCUT2D eigenvalue weighted by molar-refractivity contribution is -0.118. The molecule has 3 aromatic carbocycles. The molecule has 3 aromatic rings. The molecule has 4 rings (SSSR count). The minimum absolute atomic E-state index is 0.225. The van der Waals surface area contributed by atoms with Crippen molar-refractivity contribution in [3.8, 4) is 11.8 Å². The van der Waals surface area contributed by atoms with Gasteiger partial charge in [0.1, 0.15) is 5.75 Å². The zero-order chi connectivity index (χ0) is 25.7. The second-order valence-corrected chi connectivity index (χ2v) is 10.5. The first-order chi connectivity index (χ1) is 17.3. The van der Waals surface area contributed by atoms with Crippen molar-refractivity contribution in [2.75, 3.05) is 41.4 Å². The number of nitrogens with zero attached hydrogens (tertiary/aromatic N) is 2. The number of benzene rings is 3. The number of amides is 1. The van der Waals surface area contributed by atoms with Gasteiger partial charge in [0.05, 0.1) is 17.2 Å². The molecule has 1 aliphatic heterocycles. The Hall–Kier alpha value is -3.67. The molecular formula is C27H24ClN3O4S. The average Bonchev–Trinajstić information content (AvgIpc) is 2.89. The molecule has 36 heavy (non-hydrogen) atoms. The molecule has 184 valence electrons. The number of halogens is 1. The van der Waals surface area contributed by atoms with Gasteiger partial charge in [-0.05, 0) is 73.2 Å². The lowest BCUT2D eigenvalue weighted by Crippen LogP contribution is -2.37. The van der Waals surface area contributed by atoms with E-state index in [0.29, 0.717) is 33.3 Å². The first kappa shape index (κ1) is 25.4. The summed E-state index contributed by atoms with van der Waals surface area (Å²) in [6.07, 6.45) is 0. The molecule has 7 nitrogen and oxygen atoms in total. The highest BCUT2D eigenvalue weighted by molar-refractivity contribution is 7.85. The van der Waals surface area contributed by atoms with Crippen LogP contribution in [0.25, 0.3) is 0 Å². The summed E-state index contributed by atoms with van der Waals surface area (Å²) in [5.41, 5.74) is 3.64. The molecule has 1 saturated heterocycles. The van der Waals surface area contributed by atoms with Crippen LogP contribution in [0.5, 0.6) is 5.75 Å². The van der Waals surface area contributed by atoms with E-state index in [0.717, 1.165) is 24.3 Å². The molecule has 0 aromatic heterocycles. The largest absolute Gasteiger partial charge is 0.483 e. The summed E-state index contributed by atoms with van der Waals surface area (Å²) in [6, 6.07) is 18.7. The fraction of sp³-hybridized carbons (Fsp3) is 0.222. The summed E-state index contributed by atoms with van der Waals surface area (Å²) < 4.78 is 17.3. The third kappa shape index (κ3) is 6.11. The monoisotopic (exact) mass is 521 g/mol. The molecule has 0 radical (unpaired) electrons. The van der Waals surface area contributed by atoms with Crippen LogP contribution in [0, 0.1) is 18.3 Å². The van der Waals surface area contributed by atoms with Crippen molar-refractivity contribution in [2.24, 2.45) is 0 Å². The topological polar surface area (TPSA) is 99.5 Å². The number of aryl methyl sites for hydroxylation is 1. The van der Waals surface area contributed by atoms with Gasteiger partial charge in [0.15, 0.2) is 12.4 Å². The van der Waals surface area contributed by atoms with Gasteiger partial charge in [-0.25, -0.2) is 0 Å². The molecular weight excluding hydrogens is 498 g/mol. The predicted molar refractivity (Wildman–Crippen MR) is 141 cm³/mol. The molecule has 0 aliphatic carbocycles. The van der Waals surface area contributed by atoms with Gasteiger partial charge in [0.2, 0.25) is 0 Å². The molecule has 0 spiro atoms. The van der Waals surface area contributed by atoms with E-state index < -0.39 is 10.8 Å². The minimum atomic E-state index is -0.742. The van der Waals surface area contributed by atoms with E-state index in [4.69, 9.17) is 21.6 Å². The molecule has 0 bridgehead atoms. The van der Waals surface area contributed by atoms with E-state index in [1.807, 2.05) is 31.2 Å². The van der Waals surface area contributed by atoms with E-state index in [1.165, 1.54) is 6.07 Å². The summed E-state index contributed by atoms with van der Waals surface area (Å²) in [4.78, 5) is 27.9. The quantitative estimate of drug-likeness (QED) is 0.464. The molecule has 1 amide bonds. The van der Waals surface area contributed by atoms with Gasteiger partial charge in [-0.2, -0.15) is 5.26 Å². The van der Waals surface area contributed by atoms with Crippen molar-refractivity contribution in [1.82, 2.24) is 0 Å². The van der Waals surface area contributed by atoms with E-state index >= 15 is 0 Å². The molecule has 0 saturated carbocycles. The van der Waals surface area contributed by atoms with Crippen LogP contribution in [0.15, 0.2) is 60.7 Å². The van der Waals surface area contributed by atoms with Crippen molar-refractivity contribution in [3.63, 3.8) is 0 Å². The highest BCUT2D eigenvalue weighted by Gasteiger charge is 2.18. The molecule has 1 fully saturated rings. The molecule has 1 aliphatic rings. The van der Waals surface area contributed by atoms with Crippen molar-refractivity contribution in [3.05, 3.63) is 87.9 Å². The number of hydrogen-bond donors (Lipinski definition) is 1. The number of nitrogens with one attached hydrogen (secondary N) is 1. The van der Waals surface area contributed by atoms with Crippen LogP contribution in [0.2, 0.25) is 5.02 Å². The van der Waals surface area contributed by atoms with E-state index in [1.54, 1.807) is 36.4 Å². The van der Waals surface area contributed by atoms with Crippen LogP contribution in [0.4, 0.5) is 11.4 Å². The zero-order valence-corrected chi connectivity index (χ0v) is 21.2. The van der Waals surface area contributed by atoms with Crippen molar-refractivity contribution >= 4 is 45.5 Å². The fourth-order valence-electron chi connectivity index (χ4n) is 3.87. The summed E-state index contributed by atoms with van der Waals surface area (Å²) in [5.74, 6) is 0.861. The molecule has 0 atom stereocenters. The SMILES string of the molecule is Cc1cc(N2CCS(=O)CC2)ccc1NC(=O)COc1ccc(Cl)cc1C(=O)c1ccc(C#N)cc1. The van der Waals surface area contributed by atoms with Gasteiger partial charge < -0.3 is 15.0 Å². The van der Waals surface area contributed by atoms with Crippen LogP contribution in [0.1, 0.15) is 27.0 Å². The van der Waals surface area contributed by atoms with Gasteiger partial charge in [-0.15, -0.1) is 0 Å². The number of hydrogen-bond acceptors (Lipinski definition) is 6. The van der Waals surface area contributed by atoms with Gasteiger partial charge in [-0.1, -0.05) is 11.6 Å². The molecule has 1 N–H and O–H groups in total. The second-order valence-electron chi connectivity index (χ2n) is 8.33. The number of carbonyl (C=O) groups excluding carboxylic acids is 2. The maximum atomic E-state index is 13.0. The number of ether oxygens (including phenoxy) is 1. The highest BCUT2D eigenvalue weighted by atomic mass is 35.5. The molecule has 0 unspecified atom stereocenters. The standard InChI is InChI=1S/C27H24ClN3O4S/c1-18-14-22(31-10-12-36(34)13-11-31)7-8-24(18)30-26(32)17-35-25-9-6-21(28)15-23(25)27(33)20-4-2-19(16-29)3-5-20/h2-9,14-15H,10-13,17H2,1H3,(H,30,32). The van der Waals surface area contributed by atoms with Gasteiger partial charge >= 0.3 is 0 Å². The van der Waals surface area contributed by atoms with Crippen LogP contribution in [-0.2, 0) is 15.6 Å². The smallest absolute Gasteiger partial charge is 0.262 e. The lowest BCUT2D eigenvalue weighted by atomic mass is 10.0. The number of nitriles is 1. The minimum Gasteiger partial charge on any atom is -0.483 e. The van der Waals surface area contributed by atoms with Crippen LogP contribution in [0.3, 0.4) is 0 Å². The fourth-order valence-corrected chi connectivity index (χ4v) is 5.09. The maximum Gasteiger partial charge on any atom is 0.262 e. The van der Waals surface area contributed by atoms with E-state index in [2.05, 4.69) is 10.2 Å². The first-order valence-corrected chi connectivity index (χ1v) is 13.2. The predicted octanol–water partition coefficient (Wildman–Crippen LogP) is 4.34. The third-order valence-electron chi connectivity index (χ3n) is 5.85.